The number of hydrogen-bond acceptors (Lipinski definition) is 7. The van der Waals surface area contributed by atoms with E-state index in [2.05, 4.69) is 21.0 Å². The summed E-state index contributed by atoms with van der Waals surface area (Å²) in [4.78, 5) is 24.4. The Kier molecular flexibility index (Phi) is 7.58. The largest absolute Gasteiger partial charge is 0.493 e. The average molecular weight is 424 g/mol. The van der Waals surface area contributed by atoms with Gasteiger partial charge in [0.05, 0.1) is 13.7 Å². The highest BCUT2D eigenvalue weighted by atomic mass is 16.5. The van der Waals surface area contributed by atoms with Crippen LogP contribution in [-0.2, 0) is 11.2 Å². The van der Waals surface area contributed by atoms with Gasteiger partial charge in [-0.2, -0.15) is 0 Å². The zero-order chi connectivity index (χ0) is 22.1. The lowest BCUT2D eigenvalue weighted by Gasteiger charge is -2.12. The topological polar surface area (TPSA) is 116 Å². The summed E-state index contributed by atoms with van der Waals surface area (Å²) in [5.41, 5.74) is 5.88. The molecule has 162 valence electrons. The second-order valence-electron chi connectivity index (χ2n) is 6.58. The van der Waals surface area contributed by atoms with Gasteiger partial charge in [-0.05, 0) is 36.8 Å². The number of carbonyl (C=O) groups excluding carboxylic acids is 2. The van der Waals surface area contributed by atoms with E-state index in [1.165, 1.54) is 7.11 Å². The van der Waals surface area contributed by atoms with Crippen LogP contribution in [0.5, 0.6) is 11.5 Å². The molecule has 2 amide bonds. The van der Waals surface area contributed by atoms with Gasteiger partial charge in [-0.25, -0.2) is 0 Å². The highest BCUT2D eigenvalue weighted by molar-refractivity contribution is 5.96. The SMILES string of the molecule is CCCOc1ccc(C(=O)NNC(=O)CCc2nnc(-c3ccccc3)o2)cc1OC. The van der Waals surface area contributed by atoms with Crippen molar-refractivity contribution in [2.75, 3.05) is 13.7 Å². The van der Waals surface area contributed by atoms with E-state index in [0.717, 1.165) is 12.0 Å². The summed E-state index contributed by atoms with van der Waals surface area (Å²) < 4.78 is 16.4. The van der Waals surface area contributed by atoms with E-state index in [-0.39, 0.29) is 18.7 Å². The van der Waals surface area contributed by atoms with Gasteiger partial charge in [0.1, 0.15) is 0 Å². The zero-order valence-corrected chi connectivity index (χ0v) is 17.4. The second kappa shape index (κ2) is 10.8. The Balaban J connectivity index is 1.48. The molecule has 2 aromatic carbocycles. The first-order chi connectivity index (χ1) is 15.1. The number of aromatic nitrogens is 2. The predicted octanol–water partition coefficient (Wildman–Crippen LogP) is 2.93. The lowest BCUT2D eigenvalue weighted by molar-refractivity contribution is -0.121. The van der Waals surface area contributed by atoms with Gasteiger partial charge in [0.2, 0.25) is 17.7 Å². The maximum absolute atomic E-state index is 12.3. The number of hydrogen-bond donors (Lipinski definition) is 2. The molecule has 3 aromatic rings. The maximum atomic E-state index is 12.3. The lowest BCUT2D eigenvalue weighted by atomic mass is 10.2. The minimum atomic E-state index is -0.474. The van der Waals surface area contributed by atoms with Crippen molar-refractivity contribution < 1.29 is 23.5 Å². The van der Waals surface area contributed by atoms with E-state index < -0.39 is 5.91 Å². The van der Waals surface area contributed by atoms with Crippen molar-refractivity contribution in [1.82, 2.24) is 21.0 Å². The van der Waals surface area contributed by atoms with E-state index >= 15 is 0 Å². The van der Waals surface area contributed by atoms with Crippen LogP contribution in [0.15, 0.2) is 52.9 Å². The maximum Gasteiger partial charge on any atom is 0.269 e. The smallest absolute Gasteiger partial charge is 0.269 e. The molecular formula is C22H24N4O5. The molecule has 0 unspecified atom stereocenters. The van der Waals surface area contributed by atoms with E-state index in [1.807, 2.05) is 37.3 Å². The monoisotopic (exact) mass is 424 g/mol. The minimum absolute atomic E-state index is 0.0732. The number of benzene rings is 2. The fourth-order valence-electron chi connectivity index (χ4n) is 2.67. The third-order valence-electron chi connectivity index (χ3n) is 4.26. The fraction of sp³-hybridized carbons (Fsp3) is 0.273. The number of nitrogens with one attached hydrogen (secondary N) is 2. The fourth-order valence-corrected chi connectivity index (χ4v) is 2.67. The van der Waals surface area contributed by atoms with Crippen molar-refractivity contribution >= 4 is 11.8 Å². The molecule has 0 radical (unpaired) electrons. The Bertz CT molecular complexity index is 1020. The minimum Gasteiger partial charge on any atom is -0.493 e. The van der Waals surface area contributed by atoms with Crippen LogP contribution in [0.2, 0.25) is 0 Å². The van der Waals surface area contributed by atoms with Gasteiger partial charge in [0, 0.05) is 24.0 Å². The van der Waals surface area contributed by atoms with Crippen LogP contribution in [-0.4, -0.2) is 35.7 Å². The van der Waals surface area contributed by atoms with Gasteiger partial charge in [0.15, 0.2) is 11.5 Å². The van der Waals surface area contributed by atoms with Crippen molar-refractivity contribution in [3.63, 3.8) is 0 Å². The number of nitrogens with zero attached hydrogens (tertiary/aromatic N) is 2. The Hall–Kier alpha value is -3.88. The highest BCUT2D eigenvalue weighted by Gasteiger charge is 2.13. The van der Waals surface area contributed by atoms with Crippen molar-refractivity contribution in [3.8, 4) is 23.0 Å². The summed E-state index contributed by atoms with van der Waals surface area (Å²) in [5, 5.41) is 7.93. The summed E-state index contributed by atoms with van der Waals surface area (Å²) in [5.74, 6) is 0.871. The first kappa shape index (κ1) is 21.8. The Morgan fingerprint density at radius 3 is 2.58 bits per heavy atom. The number of ether oxygens (including phenoxy) is 2. The average Bonchev–Trinajstić information content (AvgIpc) is 3.29. The van der Waals surface area contributed by atoms with Crippen LogP contribution in [0.3, 0.4) is 0 Å². The van der Waals surface area contributed by atoms with E-state index in [4.69, 9.17) is 13.9 Å². The number of aryl methyl sites for hydroxylation is 1. The first-order valence-corrected chi connectivity index (χ1v) is 9.88. The molecule has 9 heteroatoms. The molecule has 0 bridgehead atoms. The molecule has 0 spiro atoms. The number of methoxy groups -OCH3 is 1. The van der Waals surface area contributed by atoms with Gasteiger partial charge in [-0.3, -0.25) is 20.4 Å². The van der Waals surface area contributed by atoms with Crippen molar-refractivity contribution in [2.24, 2.45) is 0 Å². The second-order valence-corrected chi connectivity index (χ2v) is 6.58. The van der Waals surface area contributed by atoms with Crippen LogP contribution in [0.4, 0.5) is 0 Å². The van der Waals surface area contributed by atoms with Gasteiger partial charge in [-0.15, -0.1) is 10.2 Å². The van der Waals surface area contributed by atoms with Gasteiger partial charge >= 0.3 is 0 Å². The summed E-state index contributed by atoms with van der Waals surface area (Å²) in [7, 11) is 1.50. The van der Waals surface area contributed by atoms with E-state index in [0.29, 0.717) is 35.5 Å². The zero-order valence-electron chi connectivity index (χ0n) is 17.4. The lowest BCUT2D eigenvalue weighted by Crippen LogP contribution is -2.41. The molecule has 0 aliphatic carbocycles. The quantitative estimate of drug-likeness (QED) is 0.507. The van der Waals surface area contributed by atoms with Crippen molar-refractivity contribution in [1.29, 1.82) is 0 Å². The summed E-state index contributed by atoms with van der Waals surface area (Å²) in [6.45, 7) is 2.54. The molecule has 0 aliphatic rings. The van der Waals surface area contributed by atoms with Crippen LogP contribution in [0.25, 0.3) is 11.5 Å². The molecule has 9 nitrogen and oxygen atoms in total. The molecular weight excluding hydrogens is 400 g/mol. The third kappa shape index (κ3) is 6.05. The molecule has 0 saturated heterocycles. The number of rotatable bonds is 9. The van der Waals surface area contributed by atoms with Gasteiger partial charge < -0.3 is 13.9 Å². The normalized spacial score (nSPS) is 10.4. The Labute approximate surface area is 179 Å². The summed E-state index contributed by atoms with van der Waals surface area (Å²) in [6, 6.07) is 14.2. The summed E-state index contributed by atoms with van der Waals surface area (Å²) in [6.07, 6.45) is 1.18. The molecule has 0 atom stereocenters. The van der Waals surface area contributed by atoms with Gasteiger partial charge in [-0.1, -0.05) is 25.1 Å². The molecule has 1 aromatic heterocycles. The Morgan fingerprint density at radius 2 is 1.84 bits per heavy atom. The number of amides is 2. The van der Waals surface area contributed by atoms with Crippen molar-refractivity contribution in [3.05, 3.63) is 60.0 Å². The molecule has 0 saturated carbocycles. The summed E-state index contributed by atoms with van der Waals surface area (Å²) >= 11 is 0. The van der Waals surface area contributed by atoms with Crippen molar-refractivity contribution in [2.45, 2.75) is 26.2 Å². The van der Waals surface area contributed by atoms with Crippen LogP contribution >= 0.6 is 0 Å². The van der Waals surface area contributed by atoms with E-state index in [1.54, 1.807) is 18.2 Å². The standard InChI is InChI=1S/C22H24N4O5/c1-3-13-30-17-10-9-16(14-18(17)29-2)21(28)25-23-19(27)11-12-20-24-26-22(31-20)15-7-5-4-6-8-15/h4-10,14H,3,11-13H2,1-2H3,(H,23,27)(H,25,28). The van der Waals surface area contributed by atoms with E-state index in [9.17, 15) is 9.59 Å². The van der Waals surface area contributed by atoms with Crippen LogP contribution in [0, 0.1) is 0 Å². The van der Waals surface area contributed by atoms with Crippen LogP contribution < -0.4 is 20.3 Å². The molecule has 0 aliphatic heterocycles. The molecule has 2 N–H and O–H groups in total. The Morgan fingerprint density at radius 1 is 1.03 bits per heavy atom. The predicted molar refractivity (Wildman–Crippen MR) is 112 cm³/mol. The van der Waals surface area contributed by atoms with Crippen LogP contribution in [0.1, 0.15) is 36.0 Å². The highest BCUT2D eigenvalue weighted by Crippen LogP contribution is 2.28. The van der Waals surface area contributed by atoms with Gasteiger partial charge in [0.25, 0.3) is 5.91 Å². The number of carbonyl (C=O) groups is 2. The first-order valence-electron chi connectivity index (χ1n) is 9.88. The molecule has 3 rings (SSSR count). The molecule has 0 fully saturated rings. The number of hydrazine groups is 1. The third-order valence-corrected chi connectivity index (χ3v) is 4.26. The molecule has 31 heavy (non-hydrogen) atoms. The molecule has 1 heterocycles.